The molecule has 0 spiro atoms. The van der Waals surface area contributed by atoms with Crippen LogP contribution in [0.25, 0.3) is 0 Å². The third kappa shape index (κ3) is 15.2. The Bertz CT molecular complexity index is 584. The minimum Gasteiger partial charge on any atom is -0.480 e. The van der Waals surface area contributed by atoms with Crippen LogP contribution < -0.4 is 5.32 Å². The Morgan fingerprint density at radius 3 is 1.33 bits per heavy atom. The molecule has 1 amide bonds. The topological polar surface area (TPSA) is 188 Å². The van der Waals surface area contributed by atoms with Crippen molar-refractivity contribution in [1.82, 2.24) is 20.0 Å². The van der Waals surface area contributed by atoms with Crippen molar-refractivity contribution in [2.24, 2.45) is 0 Å². The summed E-state index contributed by atoms with van der Waals surface area (Å²) in [4.78, 5) is 59.6. The van der Waals surface area contributed by atoms with Crippen molar-refractivity contribution in [2.75, 3.05) is 58.9 Å². The first-order chi connectivity index (χ1) is 14.0. The largest absolute Gasteiger partial charge is 0.480 e. The highest BCUT2D eigenvalue weighted by atomic mass is 16.4. The van der Waals surface area contributed by atoms with E-state index in [1.165, 1.54) is 16.3 Å². The lowest BCUT2D eigenvalue weighted by atomic mass is 10.3. The zero-order valence-corrected chi connectivity index (χ0v) is 16.8. The van der Waals surface area contributed by atoms with Gasteiger partial charge in [0.25, 0.3) is 0 Å². The van der Waals surface area contributed by atoms with E-state index in [9.17, 15) is 24.0 Å². The molecule has 0 aromatic heterocycles. The van der Waals surface area contributed by atoms with E-state index in [1.54, 1.807) is 0 Å². The number of carbonyl (C=O) groups excluding carboxylic acids is 1. The minimum atomic E-state index is -1.22. The van der Waals surface area contributed by atoms with Crippen LogP contribution in [-0.2, 0) is 24.0 Å². The molecule has 0 fully saturated rings. The van der Waals surface area contributed by atoms with Gasteiger partial charge in [0.1, 0.15) is 0 Å². The van der Waals surface area contributed by atoms with Gasteiger partial charge in [0.05, 0.1) is 32.7 Å². The van der Waals surface area contributed by atoms with Crippen molar-refractivity contribution in [3.05, 3.63) is 6.54 Å². The summed E-state index contributed by atoms with van der Waals surface area (Å²) in [5.74, 6) is -5.15. The molecular formula is C17H29N4O9. The molecule has 0 aromatic carbocycles. The Labute approximate surface area is 173 Å². The molecule has 0 aliphatic rings. The number of hydrogen-bond acceptors (Lipinski definition) is 8. The average molecular weight is 433 g/mol. The average Bonchev–Trinajstić information content (AvgIpc) is 2.59. The molecule has 13 nitrogen and oxygen atoms in total. The van der Waals surface area contributed by atoms with Crippen molar-refractivity contribution < 1.29 is 44.4 Å². The lowest BCUT2D eigenvalue weighted by molar-refractivity contribution is -0.143. The van der Waals surface area contributed by atoms with Crippen LogP contribution in [-0.4, -0.2) is 124 Å². The number of carboxylic acid groups (broad SMARTS) is 4. The fourth-order valence-electron chi connectivity index (χ4n) is 2.49. The fraction of sp³-hybridized carbons (Fsp3) is 0.647. The zero-order chi connectivity index (χ0) is 23.1. The summed E-state index contributed by atoms with van der Waals surface area (Å²) in [6.07, 6.45) is 0.597. The number of carboxylic acids is 4. The Kier molecular flexibility index (Phi) is 13.7. The van der Waals surface area contributed by atoms with Gasteiger partial charge in [-0.15, -0.1) is 0 Å². The number of hydrogen-bond donors (Lipinski definition) is 5. The second-order valence-corrected chi connectivity index (χ2v) is 6.45. The van der Waals surface area contributed by atoms with Crippen LogP contribution in [0, 0.1) is 6.54 Å². The summed E-state index contributed by atoms with van der Waals surface area (Å²) < 4.78 is 0. The molecule has 0 aliphatic carbocycles. The highest BCUT2D eigenvalue weighted by molar-refractivity contribution is 5.79. The van der Waals surface area contributed by atoms with Crippen LogP contribution in [0.5, 0.6) is 0 Å². The van der Waals surface area contributed by atoms with Crippen LogP contribution in [0.4, 0.5) is 0 Å². The molecule has 30 heavy (non-hydrogen) atoms. The van der Waals surface area contributed by atoms with Crippen molar-refractivity contribution in [1.29, 1.82) is 0 Å². The molecule has 5 N–H and O–H groups in total. The molecule has 0 saturated heterocycles. The quantitative estimate of drug-likeness (QED) is 0.159. The molecule has 0 aromatic rings. The van der Waals surface area contributed by atoms with E-state index in [0.717, 1.165) is 4.90 Å². The van der Waals surface area contributed by atoms with Gasteiger partial charge in [-0.1, -0.05) is 6.92 Å². The molecule has 0 saturated carbocycles. The van der Waals surface area contributed by atoms with E-state index in [0.29, 0.717) is 6.42 Å². The molecule has 1 radical (unpaired) electrons. The van der Waals surface area contributed by atoms with Gasteiger partial charge in [-0.2, -0.15) is 0 Å². The van der Waals surface area contributed by atoms with Crippen LogP contribution in [0.1, 0.15) is 13.3 Å². The first-order valence-electron chi connectivity index (χ1n) is 9.18. The summed E-state index contributed by atoms with van der Waals surface area (Å²) in [6.45, 7) is 1.44. The Hall–Kier alpha value is -2.77. The van der Waals surface area contributed by atoms with Gasteiger partial charge in [0, 0.05) is 32.7 Å². The van der Waals surface area contributed by atoms with Gasteiger partial charge >= 0.3 is 23.9 Å². The van der Waals surface area contributed by atoms with Crippen molar-refractivity contribution in [2.45, 2.75) is 13.3 Å². The third-order valence-corrected chi connectivity index (χ3v) is 3.73. The van der Waals surface area contributed by atoms with E-state index in [4.69, 9.17) is 20.4 Å². The molecule has 171 valence electrons. The number of amides is 1. The van der Waals surface area contributed by atoms with E-state index < -0.39 is 56.0 Å². The number of carbonyl (C=O) groups is 5. The van der Waals surface area contributed by atoms with E-state index >= 15 is 0 Å². The Balaban J connectivity index is 4.93. The van der Waals surface area contributed by atoms with E-state index in [1.807, 2.05) is 6.92 Å². The molecule has 13 heteroatoms. The summed E-state index contributed by atoms with van der Waals surface area (Å²) >= 11 is 0. The maximum Gasteiger partial charge on any atom is 0.317 e. The summed E-state index contributed by atoms with van der Waals surface area (Å²) in [5, 5.41) is 38.3. The smallest absolute Gasteiger partial charge is 0.317 e. The van der Waals surface area contributed by atoms with Gasteiger partial charge in [-0.05, 0) is 6.42 Å². The van der Waals surface area contributed by atoms with E-state index in [-0.39, 0.29) is 32.7 Å². The Morgan fingerprint density at radius 1 is 0.633 bits per heavy atom. The SMILES string of the molecule is CC[CH]NC(=O)CN(CCN(CCN(CC(=O)O)CC(=O)O)CC(=O)O)CC(=O)O. The van der Waals surface area contributed by atoms with Crippen LogP contribution in [0.15, 0.2) is 0 Å². The van der Waals surface area contributed by atoms with E-state index in [2.05, 4.69) is 5.32 Å². The fourth-order valence-corrected chi connectivity index (χ4v) is 2.49. The predicted molar refractivity (Wildman–Crippen MR) is 103 cm³/mol. The highest BCUT2D eigenvalue weighted by Gasteiger charge is 2.19. The second-order valence-electron chi connectivity index (χ2n) is 6.45. The summed E-state index contributed by atoms with van der Waals surface area (Å²) in [6, 6.07) is 0. The van der Waals surface area contributed by atoms with Crippen LogP contribution in [0.2, 0.25) is 0 Å². The van der Waals surface area contributed by atoms with Crippen LogP contribution in [0.3, 0.4) is 0 Å². The van der Waals surface area contributed by atoms with Crippen molar-refractivity contribution >= 4 is 29.8 Å². The molecule has 0 bridgehead atoms. The predicted octanol–water partition coefficient (Wildman–Crippen LogP) is -2.08. The number of rotatable bonds is 18. The summed E-state index contributed by atoms with van der Waals surface area (Å²) in [5.41, 5.74) is 0. The zero-order valence-electron chi connectivity index (χ0n) is 16.8. The maximum atomic E-state index is 11.8. The standard InChI is InChI=1S/C17H29N4O9/c1-2-3-18-13(22)8-20(10-15(25)26)6-4-19(9-14(23)24)5-7-21(11-16(27)28)12-17(29)30/h3H,2,4-12H2,1H3,(H,18,22)(H,23,24)(H,25,26)(H,27,28)(H,29,30). The molecule has 0 heterocycles. The van der Waals surface area contributed by atoms with Gasteiger partial charge in [0.15, 0.2) is 0 Å². The molecule has 0 unspecified atom stereocenters. The lowest BCUT2D eigenvalue weighted by Gasteiger charge is -2.27. The van der Waals surface area contributed by atoms with Gasteiger partial charge in [-0.25, -0.2) is 0 Å². The maximum absolute atomic E-state index is 11.8. The van der Waals surface area contributed by atoms with Crippen molar-refractivity contribution in [3.8, 4) is 0 Å². The normalized spacial score (nSPS) is 11.1. The summed E-state index contributed by atoms with van der Waals surface area (Å²) in [7, 11) is 0. The monoisotopic (exact) mass is 433 g/mol. The molecular weight excluding hydrogens is 404 g/mol. The highest BCUT2D eigenvalue weighted by Crippen LogP contribution is 1.97. The number of nitrogens with zero attached hydrogens (tertiary/aromatic N) is 3. The van der Waals surface area contributed by atoms with Crippen LogP contribution >= 0.6 is 0 Å². The number of nitrogens with one attached hydrogen (secondary N) is 1. The lowest BCUT2D eigenvalue weighted by Crippen LogP contribution is -2.46. The third-order valence-electron chi connectivity index (χ3n) is 3.73. The molecule has 0 atom stereocenters. The van der Waals surface area contributed by atoms with Gasteiger partial charge < -0.3 is 25.7 Å². The molecule has 0 rings (SSSR count). The first-order valence-corrected chi connectivity index (χ1v) is 9.18. The minimum absolute atomic E-state index is 0.0171. The first kappa shape index (κ1) is 27.2. The second kappa shape index (κ2) is 15.1. The Morgan fingerprint density at radius 2 is 0.967 bits per heavy atom. The van der Waals surface area contributed by atoms with Gasteiger partial charge in [-0.3, -0.25) is 38.7 Å². The van der Waals surface area contributed by atoms with Gasteiger partial charge in [0.2, 0.25) is 5.91 Å². The van der Waals surface area contributed by atoms with Crippen molar-refractivity contribution in [3.63, 3.8) is 0 Å². The number of aliphatic carboxylic acids is 4. The molecule has 0 aliphatic heterocycles.